The molecule has 0 aliphatic carbocycles. The third kappa shape index (κ3) is 8.28. The van der Waals surface area contributed by atoms with Gasteiger partial charge in [0.1, 0.15) is 18.7 Å². The predicted molar refractivity (Wildman–Crippen MR) is 141 cm³/mol. The number of benzene rings is 2. The summed E-state index contributed by atoms with van der Waals surface area (Å²) in [5.41, 5.74) is 1.49. The first-order valence-corrected chi connectivity index (χ1v) is 12.6. The van der Waals surface area contributed by atoms with Gasteiger partial charge in [-0.05, 0) is 62.9 Å². The highest BCUT2D eigenvalue weighted by Gasteiger charge is 2.39. The summed E-state index contributed by atoms with van der Waals surface area (Å²) in [7, 11) is 3.91. The molecule has 7 nitrogen and oxygen atoms in total. The molecule has 1 aliphatic heterocycles. The molecule has 1 heterocycles. The van der Waals surface area contributed by atoms with Crippen molar-refractivity contribution in [2.45, 2.75) is 57.7 Å². The first-order chi connectivity index (χ1) is 17.1. The molecule has 0 saturated carbocycles. The van der Waals surface area contributed by atoms with Crippen LogP contribution in [0.2, 0.25) is 0 Å². The van der Waals surface area contributed by atoms with E-state index in [9.17, 15) is 14.4 Å². The van der Waals surface area contributed by atoms with Gasteiger partial charge in [-0.25, -0.2) is 0 Å². The molecule has 7 heteroatoms. The molecule has 2 unspecified atom stereocenters. The van der Waals surface area contributed by atoms with Crippen molar-refractivity contribution in [1.29, 1.82) is 0 Å². The number of nitrogens with zero attached hydrogens (tertiary/aromatic N) is 1. The second-order valence-electron chi connectivity index (χ2n) is 10.6. The molecule has 2 aromatic carbocycles. The summed E-state index contributed by atoms with van der Waals surface area (Å²) in [6, 6.07) is 17.6. The maximum absolute atomic E-state index is 13.5. The molecule has 1 fully saturated rings. The average Bonchev–Trinajstić information content (AvgIpc) is 3.21. The fraction of sp³-hybridized carbons (Fsp3) is 0.483. The molecule has 2 amide bonds. The molecule has 0 spiro atoms. The summed E-state index contributed by atoms with van der Waals surface area (Å²) < 4.78 is 5.67. The third-order valence-electron chi connectivity index (χ3n) is 6.66. The van der Waals surface area contributed by atoms with Gasteiger partial charge >= 0.3 is 0 Å². The number of aryl methyl sites for hydroxylation is 1. The molecule has 36 heavy (non-hydrogen) atoms. The van der Waals surface area contributed by atoms with Crippen molar-refractivity contribution < 1.29 is 19.1 Å². The molecule has 2 aromatic rings. The van der Waals surface area contributed by atoms with Crippen LogP contribution in [0.5, 0.6) is 0 Å². The van der Waals surface area contributed by atoms with Crippen LogP contribution < -0.4 is 10.6 Å². The Balaban J connectivity index is 1.72. The van der Waals surface area contributed by atoms with Crippen molar-refractivity contribution in [2.24, 2.45) is 5.41 Å². The first kappa shape index (κ1) is 27.6. The zero-order valence-corrected chi connectivity index (χ0v) is 21.8. The smallest absolute Gasteiger partial charge is 0.251 e. The highest BCUT2D eigenvalue weighted by atomic mass is 16.5. The van der Waals surface area contributed by atoms with Crippen molar-refractivity contribution in [2.75, 3.05) is 27.2 Å². The Bertz CT molecular complexity index is 1010. The van der Waals surface area contributed by atoms with E-state index in [-0.39, 0.29) is 35.7 Å². The van der Waals surface area contributed by atoms with Gasteiger partial charge in [-0.3, -0.25) is 14.4 Å². The zero-order chi connectivity index (χ0) is 26.1. The molecule has 2 N–H and O–H groups in total. The summed E-state index contributed by atoms with van der Waals surface area (Å²) in [5.74, 6) is -0.804. The van der Waals surface area contributed by atoms with Gasteiger partial charge in [0.05, 0.1) is 6.10 Å². The molecular weight excluding hydrogens is 454 g/mol. The Kier molecular flexibility index (Phi) is 9.79. The van der Waals surface area contributed by atoms with Gasteiger partial charge in [0.25, 0.3) is 5.91 Å². The maximum Gasteiger partial charge on any atom is 0.251 e. The largest absolute Gasteiger partial charge is 0.368 e. The molecule has 0 bridgehead atoms. The minimum absolute atomic E-state index is 0.00729. The minimum atomic E-state index is -0.786. The van der Waals surface area contributed by atoms with Crippen LogP contribution in [0.3, 0.4) is 0 Å². The van der Waals surface area contributed by atoms with Gasteiger partial charge in [0.15, 0.2) is 5.78 Å². The average molecular weight is 494 g/mol. The van der Waals surface area contributed by atoms with E-state index in [0.717, 1.165) is 19.4 Å². The topological polar surface area (TPSA) is 87.7 Å². The number of rotatable bonds is 12. The molecule has 0 aromatic heterocycles. The van der Waals surface area contributed by atoms with Gasteiger partial charge in [-0.2, -0.15) is 0 Å². The highest BCUT2D eigenvalue weighted by molar-refractivity contribution is 5.99. The van der Waals surface area contributed by atoms with Gasteiger partial charge in [-0.1, -0.05) is 62.4 Å². The number of carbonyl (C=O) groups is 3. The molecule has 1 aliphatic rings. The molecule has 3 rings (SSSR count). The molecule has 0 radical (unpaired) electrons. The Labute approximate surface area is 214 Å². The van der Waals surface area contributed by atoms with Gasteiger partial charge in [0.2, 0.25) is 5.91 Å². The number of ether oxygens (including phenoxy) is 1. The van der Waals surface area contributed by atoms with Gasteiger partial charge in [-0.15, -0.1) is 0 Å². The standard InChI is InChI=1S/C29H39N3O4/c1-29(2,17-15-21-11-7-5-8-12-21)19-23(30-27(34)22-13-9-6-10-14-22)28(35)31-26-24(33)20-36-25(26)16-18-32(3)4/h5-14,23,25-26H,15-20H2,1-4H3,(H,30,34)(H,31,35)/t23-,25?,26?/m0/s1. The van der Waals surface area contributed by atoms with Crippen molar-refractivity contribution in [3.8, 4) is 0 Å². The first-order valence-electron chi connectivity index (χ1n) is 12.6. The maximum atomic E-state index is 13.5. The molecule has 194 valence electrons. The fourth-order valence-electron chi connectivity index (χ4n) is 4.47. The lowest BCUT2D eigenvalue weighted by molar-refractivity contribution is -0.128. The lowest BCUT2D eigenvalue weighted by Gasteiger charge is -2.31. The number of hydrogen-bond donors (Lipinski definition) is 2. The van der Waals surface area contributed by atoms with Crippen LogP contribution >= 0.6 is 0 Å². The summed E-state index contributed by atoms with van der Waals surface area (Å²) in [5, 5.41) is 5.84. The van der Waals surface area contributed by atoms with Gasteiger partial charge < -0.3 is 20.3 Å². The second-order valence-corrected chi connectivity index (χ2v) is 10.6. The van der Waals surface area contributed by atoms with E-state index in [4.69, 9.17) is 4.74 Å². The Hall–Kier alpha value is -3.03. The number of amides is 2. The molecular formula is C29H39N3O4. The van der Waals surface area contributed by atoms with E-state index in [1.54, 1.807) is 24.3 Å². The fourth-order valence-corrected chi connectivity index (χ4v) is 4.47. The summed E-state index contributed by atoms with van der Waals surface area (Å²) in [6.45, 7) is 4.95. The van der Waals surface area contributed by atoms with Crippen molar-refractivity contribution in [3.05, 3.63) is 71.8 Å². The number of carbonyl (C=O) groups excluding carboxylic acids is 3. The van der Waals surface area contributed by atoms with Crippen LogP contribution in [-0.4, -0.2) is 67.9 Å². The highest BCUT2D eigenvalue weighted by Crippen LogP contribution is 2.29. The summed E-state index contributed by atoms with van der Waals surface area (Å²) in [4.78, 5) is 41.0. The van der Waals surface area contributed by atoms with E-state index in [2.05, 4.69) is 36.6 Å². The number of hydrogen-bond acceptors (Lipinski definition) is 5. The Morgan fingerprint density at radius 2 is 1.69 bits per heavy atom. The van der Waals surface area contributed by atoms with Crippen molar-refractivity contribution in [1.82, 2.24) is 15.5 Å². The van der Waals surface area contributed by atoms with E-state index >= 15 is 0 Å². The normalized spacial score (nSPS) is 18.8. The van der Waals surface area contributed by atoms with Crippen molar-refractivity contribution in [3.63, 3.8) is 0 Å². The van der Waals surface area contributed by atoms with Crippen LogP contribution in [0, 0.1) is 5.41 Å². The quantitative estimate of drug-likeness (QED) is 0.474. The van der Waals surface area contributed by atoms with E-state index in [0.29, 0.717) is 18.4 Å². The zero-order valence-electron chi connectivity index (χ0n) is 21.8. The number of Topliss-reactive ketones (excluding diaryl/α,β-unsaturated/α-hetero) is 1. The molecule has 1 saturated heterocycles. The number of nitrogens with one attached hydrogen (secondary N) is 2. The van der Waals surface area contributed by atoms with E-state index in [1.165, 1.54) is 5.56 Å². The lowest BCUT2D eigenvalue weighted by atomic mass is 9.80. The number of ketones is 1. The third-order valence-corrected chi connectivity index (χ3v) is 6.66. The summed E-state index contributed by atoms with van der Waals surface area (Å²) >= 11 is 0. The Morgan fingerprint density at radius 3 is 2.33 bits per heavy atom. The lowest BCUT2D eigenvalue weighted by Crippen LogP contribution is -2.54. The summed E-state index contributed by atoms with van der Waals surface area (Å²) in [6.07, 6.45) is 2.41. The SMILES string of the molecule is CN(C)CCC1OCC(=O)C1NC(=O)[C@H](CC(C)(C)CCc1ccccc1)NC(=O)c1ccccc1. The van der Waals surface area contributed by atoms with Crippen LogP contribution in [0.1, 0.15) is 49.0 Å². The second kappa shape index (κ2) is 12.8. The predicted octanol–water partition coefficient (Wildman–Crippen LogP) is 3.24. The van der Waals surface area contributed by atoms with Gasteiger partial charge in [0, 0.05) is 12.1 Å². The van der Waals surface area contributed by atoms with Crippen LogP contribution in [0.15, 0.2) is 60.7 Å². The van der Waals surface area contributed by atoms with E-state index in [1.807, 2.05) is 43.3 Å². The van der Waals surface area contributed by atoms with Crippen LogP contribution in [0.4, 0.5) is 0 Å². The van der Waals surface area contributed by atoms with E-state index < -0.39 is 12.1 Å². The van der Waals surface area contributed by atoms with Crippen LogP contribution in [0.25, 0.3) is 0 Å². The minimum Gasteiger partial charge on any atom is -0.368 e. The molecule has 3 atom stereocenters. The Morgan fingerprint density at radius 1 is 1.06 bits per heavy atom. The van der Waals surface area contributed by atoms with Crippen LogP contribution in [-0.2, 0) is 20.7 Å². The monoisotopic (exact) mass is 493 g/mol. The van der Waals surface area contributed by atoms with Crippen molar-refractivity contribution >= 4 is 17.6 Å².